The van der Waals surface area contributed by atoms with Gasteiger partial charge in [0.05, 0.1) is 23.3 Å². The molecule has 0 aliphatic carbocycles. The van der Waals surface area contributed by atoms with Crippen molar-refractivity contribution in [3.8, 4) is 0 Å². The molecule has 0 saturated heterocycles. The summed E-state index contributed by atoms with van der Waals surface area (Å²) in [6, 6.07) is 7.68. The SMILES string of the molecule is Cc1nc(C2CN=C(N)N2c2cccc(Cl)c2)cs1. The Kier molecular flexibility index (Phi) is 3.16. The summed E-state index contributed by atoms with van der Waals surface area (Å²) in [5.74, 6) is 0.512. The zero-order valence-corrected chi connectivity index (χ0v) is 11.9. The van der Waals surface area contributed by atoms with Crippen LogP contribution in [-0.4, -0.2) is 17.5 Å². The topological polar surface area (TPSA) is 54.5 Å². The van der Waals surface area contributed by atoms with Crippen LogP contribution in [-0.2, 0) is 0 Å². The molecule has 0 amide bonds. The van der Waals surface area contributed by atoms with E-state index in [1.165, 1.54) is 0 Å². The molecular weight excluding hydrogens is 280 g/mol. The van der Waals surface area contributed by atoms with Crippen molar-refractivity contribution < 1.29 is 0 Å². The third-order valence-electron chi connectivity index (χ3n) is 3.05. The van der Waals surface area contributed by atoms with E-state index in [4.69, 9.17) is 17.3 Å². The molecule has 1 aliphatic heterocycles. The van der Waals surface area contributed by atoms with Gasteiger partial charge in [0.2, 0.25) is 0 Å². The minimum Gasteiger partial charge on any atom is -0.369 e. The number of anilines is 1. The van der Waals surface area contributed by atoms with Gasteiger partial charge in [-0.1, -0.05) is 17.7 Å². The van der Waals surface area contributed by atoms with Crippen LogP contribution >= 0.6 is 22.9 Å². The molecule has 98 valence electrons. The minimum atomic E-state index is 0.0587. The fourth-order valence-electron chi connectivity index (χ4n) is 2.19. The second-order valence-electron chi connectivity index (χ2n) is 4.36. The number of hydrogen-bond donors (Lipinski definition) is 1. The molecule has 0 spiro atoms. The zero-order chi connectivity index (χ0) is 13.4. The molecule has 1 aliphatic rings. The summed E-state index contributed by atoms with van der Waals surface area (Å²) in [5.41, 5.74) is 7.96. The maximum atomic E-state index is 6.05. The van der Waals surface area contributed by atoms with E-state index < -0.39 is 0 Å². The summed E-state index contributed by atoms with van der Waals surface area (Å²) < 4.78 is 0. The van der Waals surface area contributed by atoms with Gasteiger partial charge < -0.3 is 10.6 Å². The first-order valence-corrected chi connectivity index (χ1v) is 7.17. The third-order valence-corrected chi connectivity index (χ3v) is 4.08. The Bertz CT molecular complexity index is 637. The first-order valence-electron chi connectivity index (χ1n) is 5.92. The molecule has 0 radical (unpaired) electrons. The fraction of sp³-hybridized carbons (Fsp3) is 0.231. The van der Waals surface area contributed by atoms with Gasteiger partial charge in [0.25, 0.3) is 0 Å². The van der Waals surface area contributed by atoms with Crippen molar-refractivity contribution in [3.05, 3.63) is 45.4 Å². The molecule has 4 nitrogen and oxygen atoms in total. The van der Waals surface area contributed by atoms with E-state index in [9.17, 15) is 0 Å². The van der Waals surface area contributed by atoms with Crippen molar-refractivity contribution >= 4 is 34.6 Å². The normalized spacial score (nSPS) is 18.7. The first kappa shape index (κ1) is 12.4. The molecule has 0 bridgehead atoms. The summed E-state index contributed by atoms with van der Waals surface area (Å²) >= 11 is 7.69. The van der Waals surface area contributed by atoms with Crippen molar-refractivity contribution in [2.45, 2.75) is 13.0 Å². The Labute approximate surface area is 120 Å². The molecule has 1 unspecified atom stereocenters. The average Bonchev–Trinajstić information content (AvgIpc) is 2.95. The standard InChI is InChI=1S/C13H13ClN4S/c1-8-17-11(7-19-8)12-6-16-13(15)18(12)10-4-2-3-9(14)5-10/h2-5,7,12H,6H2,1H3,(H2,15,16). The van der Waals surface area contributed by atoms with E-state index in [0.29, 0.717) is 17.5 Å². The van der Waals surface area contributed by atoms with Crippen LogP contribution in [0.2, 0.25) is 5.02 Å². The molecule has 2 aromatic rings. The number of rotatable bonds is 2. The van der Waals surface area contributed by atoms with E-state index in [1.807, 2.05) is 36.1 Å². The molecule has 0 fully saturated rings. The molecular formula is C13H13ClN4S. The average molecular weight is 293 g/mol. The number of aliphatic imine (C=N–C) groups is 1. The third kappa shape index (κ3) is 2.31. The van der Waals surface area contributed by atoms with Crippen LogP contribution in [0.1, 0.15) is 16.7 Å². The Balaban J connectivity index is 1.99. The molecule has 6 heteroatoms. The highest BCUT2D eigenvalue weighted by Crippen LogP contribution is 2.32. The number of halogens is 1. The fourth-order valence-corrected chi connectivity index (χ4v) is 3.04. The number of thiazole rings is 1. The maximum Gasteiger partial charge on any atom is 0.196 e. The van der Waals surface area contributed by atoms with Crippen molar-refractivity contribution in [3.63, 3.8) is 0 Å². The van der Waals surface area contributed by atoms with Crippen molar-refractivity contribution in [2.75, 3.05) is 11.4 Å². The van der Waals surface area contributed by atoms with Crippen molar-refractivity contribution in [2.24, 2.45) is 10.7 Å². The van der Waals surface area contributed by atoms with Gasteiger partial charge >= 0.3 is 0 Å². The highest BCUT2D eigenvalue weighted by atomic mass is 35.5. The monoisotopic (exact) mass is 292 g/mol. The summed E-state index contributed by atoms with van der Waals surface area (Å²) in [6.07, 6.45) is 0. The predicted octanol–water partition coefficient (Wildman–Crippen LogP) is 2.98. The lowest BCUT2D eigenvalue weighted by atomic mass is 10.2. The Morgan fingerprint density at radius 1 is 1.47 bits per heavy atom. The summed E-state index contributed by atoms with van der Waals surface area (Å²) in [4.78, 5) is 10.9. The lowest BCUT2D eigenvalue weighted by Crippen LogP contribution is -2.36. The summed E-state index contributed by atoms with van der Waals surface area (Å²) in [7, 11) is 0. The number of hydrogen-bond acceptors (Lipinski definition) is 5. The van der Waals surface area contributed by atoms with Crippen molar-refractivity contribution in [1.82, 2.24) is 4.98 Å². The van der Waals surface area contributed by atoms with Gasteiger partial charge in [0.15, 0.2) is 5.96 Å². The van der Waals surface area contributed by atoms with Crippen LogP contribution in [0, 0.1) is 6.92 Å². The predicted molar refractivity (Wildman–Crippen MR) is 80.0 cm³/mol. The molecule has 0 saturated carbocycles. The summed E-state index contributed by atoms with van der Waals surface area (Å²) in [6.45, 7) is 2.62. The number of aryl methyl sites for hydroxylation is 1. The second kappa shape index (κ2) is 4.83. The van der Waals surface area contributed by atoms with Crippen LogP contribution in [0.25, 0.3) is 0 Å². The van der Waals surface area contributed by atoms with Crippen LogP contribution < -0.4 is 10.6 Å². The first-order chi connectivity index (χ1) is 9.15. The quantitative estimate of drug-likeness (QED) is 0.926. The highest BCUT2D eigenvalue weighted by molar-refractivity contribution is 7.09. The van der Waals surface area contributed by atoms with Crippen LogP contribution in [0.3, 0.4) is 0 Å². The van der Waals surface area contributed by atoms with E-state index in [0.717, 1.165) is 16.4 Å². The minimum absolute atomic E-state index is 0.0587. The van der Waals surface area contributed by atoms with Crippen LogP contribution in [0.4, 0.5) is 5.69 Å². The van der Waals surface area contributed by atoms with Crippen LogP contribution in [0.15, 0.2) is 34.6 Å². The molecule has 1 aromatic heterocycles. The van der Waals surface area contributed by atoms with Crippen molar-refractivity contribution in [1.29, 1.82) is 0 Å². The lowest BCUT2D eigenvalue weighted by molar-refractivity contribution is 0.744. The van der Waals surface area contributed by atoms with Gasteiger partial charge in [0, 0.05) is 16.1 Å². The number of nitrogens with two attached hydrogens (primary N) is 1. The van der Waals surface area contributed by atoms with Gasteiger partial charge in [-0.05, 0) is 25.1 Å². The Morgan fingerprint density at radius 3 is 3.00 bits per heavy atom. The number of guanidine groups is 1. The molecule has 2 heterocycles. The van der Waals surface area contributed by atoms with E-state index >= 15 is 0 Å². The number of nitrogens with zero attached hydrogens (tertiary/aromatic N) is 3. The van der Waals surface area contributed by atoms with E-state index in [1.54, 1.807) is 11.3 Å². The largest absolute Gasteiger partial charge is 0.369 e. The Morgan fingerprint density at radius 2 is 2.32 bits per heavy atom. The highest BCUT2D eigenvalue weighted by Gasteiger charge is 2.30. The van der Waals surface area contributed by atoms with Crippen LogP contribution in [0.5, 0.6) is 0 Å². The smallest absolute Gasteiger partial charge is 0.196 e. The maximum absolute atomic E-state index is 6.05. The lowest BCUT2D eigenvalue weighted by Gasteiger charge is -2.25. The molecule has 3 rings (SSSR count). The van der Waals surface area contributed by atoms with Gasteiger partial charge in [-0.25, -0.2) is 4.98 Å². The number of benzene rings is 1. The van der Waals surface area contributed by atoms with E-state index in [2.05, 4.69) is 15.4 Å². The van der Waals surface area contributed by atoms with Gasteiger partial charge in [0.1, 0.15) is 0 Å². The zero-order valence-electron chi connectivity index (χ0n) is 10.4. The van der Waals surface area contributed by atoms with Gasteiger partial charge in [-0.2, -0.15) is 0 Å². The Hall–Kier alpha value is -1.59. The second-order valence-corrected chi connectivity index (χ2v) is 5.85. The molecule has 19 heavy (non-hydrogen) atoms. The molecule has 2 N–H and O–H groups in total. The molecule has 1 atom stereocenters. The van der Waals surface area contributed by atoms with Gasteiger partial charge in [-0.15, -0.1) is 11.3 Å². The molecule has 1 aromatic carbocycles. The summed E-state index contributed by atoms with van der Waals surface area (Å²) in [5, 5.41) is 3.79. The van der Waals surface area contributed by atoms with E-state index in [-0.39, 0.29) is 6.04 Å². The van der Waals surface area contributed by atoms with Gasteiger partial charge in [-0.3, -0.25) is 4.99 Å². The number of aromatic nitrogens is 1.